The van der Waals surface area contributed by atoms with E-state index in [0.29, 0.717) is 43.8 Å². The third-order valence-electron chi connectivity index (χ3n) is 6.22. The number of rotatable bonds is 5. The van der Waals surface area contributed by atoms with E-state index in [-0.39, 0.29) is 19.0 Å². The van der Waals surface area contributed by atoms with Crippen molar-refractivity contribution in [2.75, 3.05) is 26.2 Å². The SMILES string of the molecule is CCN(CC(F)(F)F)C(=O)C1CCCN(C(=O)CC2CC3CCC(C2)N3)C1. The van der Waals surface area contributed by atoms with Crippen molar-refractivity contribution in [1.82, 2.24) is 15.1 Å². The first kappa shape index (κ1) is 20.4. The molecule has 3 unspecified atom stereocenters. The first-order valence-corrected chi connectivity index (χ1v) is 10.1. The molecule has 0 aromatic rings. The molecular weight excluding hydrogens is 359 g/mol. The molecule has 0 aromatic heterocycles. The Labute approximate surface area is 158 Å². The van der Waals surface area contributed by atoms with Crippen molar-refractivity contribution >= 4 is 11.8 Å². The van der Waals surface area contributed by atoms with Gasteiger partial charge in [-0.1, -0.05) is 0 Å². The number of carbonyl (C=O) groups excluding carboxylic acids is 2. The highest BCUT2D eigenvalue weighted by Crippen LogP contribution is 2.33. The number of amides is 2. The zero-order valence-corrected chi connectivity index (χ0v) is 15.9. The largest absolute Gasteiger partial charge is 0.406 e. The lowest BCUT2D eigenvalue weighted by Crippen LogP contribution is -2.49. The molecule has 0 radical (unpaired) electrons. The lowest BCUT2D eigenvalue weighted by Gasteiger charge is -2.36. The smallest absolute Gasteiger partial charge is 0.342 e. The number of nitrogens with zero attached hydrogens (tertiary/aromatic N) is 2. The van der Waals surface area contributed by atoms with Crippen LogP contribution in [0, 0.1) is 11.8 Å². The Morgan fingerprint density at radius 1 is 1.15 bits per heavy atom. The van der Waals surface area contributed by atoms with Crippen LogP contribution in [0.4, 0.5) is 13.2 Å². The molecule has 3 atom stereocenters. The van der Waals surface area contributed by atoms with Crippen molar-refractivity contribution in [3.05, 3.63) is 0 Å². The number of hydrogen-bond donors (Lipinski definition) is 1. The third kappa shape index (κ3) is 5.36. The number of likely N-dealkylation sites (tertiary alicyclic amines) is 1. The van der Waals surface area contributed by atoms with Gasteiger partial charge in [0.2, 0.25) is 11.8 Å². The number of hydrogen-bond acceptors (Lipinski definition) is 3. The van der Waals surface area contributed by atoms with E-state index in [0.717, 1.165) is 17.7 Å². The molecule has 3 aliphatic heterocycles. The van der Waals surface area contributed by atoms with E-state index >= 15 is 0 Å². The van der Waals surface area contributed by atoms with E-state index in [2.05, 4.69) is 5.32 Å². The van der Waals surface area contributed by atoms with Crippen LogP contribution in [0.2, 0.25) is 0 Å². The maximum Gasteiger partial charge on any atom is 0.406 e. The summed E-state index contributed by atoms with van der Waals surface area (Å²) in [5.74, 6) is -0.566. The molecule has 1 N–H and O–H groups in total. The van der Waals surface area contributed by atoms with Crippen molar-refractivity contribution in [3.63, 3.8) is 0 Å². The van der Waals surface area contributed by atoms with Gasteiger partial charge in [-0.25, -0.2) is 0 Å². The molecule has 3 saturated heterocycles. The maximum absolute atomic E-state index is 12.7. The molecule has 2 amide bonds. The van der Waals surface area contributed by atoms with Crippen LogP contribution in [0.5, 0.6) is 0 Å². The molecule has 0 aromatic carbocycles. The summed E-state index contributed by atoms with van der Waals surface area (Å²) in [6.45, 7) is 1.22. The number of alkyl halides is 3. The second kappa shape index (κ2) is 8.37. The monoisotopic (exact) mass is 389 g/mol. The van der Waals surface area contributed by atoms with E-state index in [9.17, 15) is 22.8 Å². The van der Waals surface area contributed by atoms with Crippen LogP contribution in [0.3, 0.4) is 0 Å². The van der Waals surface area contributed by atoms with Gasteiger partial charge in [0.1, 0.15) is 6.54 Å². The van der Waals surface area contributed by atoms with Crippen LogP contribution < -0.4 is 5.32 Å². The molecule has 2 bridgehead atoms. The number of piperidine rings is 2. The van der Waals surface area contributed by atoms with Gasteiger partial charge in [-0.15, -0.1) is 0 Å². The second-order valence-corrected chi connectivity index (χ2v) is 8.33. The van der Waals surface area contributed by atoms with E-state index < -0.39 is 24.5 Å². The third-order valence-corrected chi connectivity index (χ3v) is 6.22. The number of fused-ring (bicyclic) bond motifs is 2. The lowest BCUT2D eigenvalue weighted by atomic mass is 9.88. The molecule has 3 aliphatic rings. The second-order valence-electron chi connectivity index (χ2n) is 8.33. The first-order valence-electron chi connectivity index (χ1n) is 10.1. The molecular formula is C19H30F3N3O2. The fourth-order valence-corrected chi connectivity index (χ4v) is 4.94. The van der Waals surface area contributed by atoms with E-state index in [1.807, 2.05) is 0 Å². The summed E-state index contributed by atoms with van der Waals surface area (Å²) in [5.41, 5.74) is 0. The fourth-order valence-electron chi connectivity index (χ4n) is 4.94. The quantitative estimate of drug-likeness (QED) is 0.786. The zero-order chi connectivity index (χ0) is 19.6. The predicted molar refractivity (Wildman–Crippen MR) is 94.9 cm³/mol. The van der Waals surface area contributed by atoms with Gasteiger partial charge in [0.25, 0.3) is 0 Å². The van der Waals surface area contributed by atoms with Gasteiger partial charge < -0.3 is 15.1 Å². The molecule has 3 fully saturated rings. The van der Waals surface area contributed by atoms with Crippen molar-refractivity contribution in [3.8, 4) is 0 Å². The summed E-state index contributed by atoms with van der Waals surface area (Å²) in [5, 5.41) is 3.57. The molecule has 154 valence electrons. The normalized spacial score (nSPS) is 31.0. The fraction of sp³-hybridized carbons (Fsp3) is 0.895. The van der Waals surface area contributed by atoms with Gasteiger partial charge in [-0.05, 0) is 51.4 Å². The van der Waals surface area contributed by atoms with Crippen molar-refractivity contribution in [2.45, 2.75) is 70.1 Å². The highest BCUT2D eigenvalue weighted by Gasteiger charge is 2.38. The topological polar surface area (TPSA) is 52.7 Å². The van der Waals surface area contributed by atoms with Gasteiger partial charge in [-0.3, -0.25) is 9.59 Å². The number of carbonyl (C=O) groups is 2. The minimum atomic E-state index is -4.40. The van der Waals surface area contributed by atoms with Crippen LogP contribution in [-0.2, 0) is 9.59 Å². The summed E-state index contributed by atoms with van der Waals surface area (Å²) < 4.78 is 38.1. The molecule has 0 spiro atoms. The highest BCUT2D eigenvalue weighted by molar-refractivity contribution is 5.81. The average molecular weight is 389 g/mol. The Morgan fingerprint density at radius 3 is 2.41 bits per heavy atom. The highest BCUT2D eigenvalue weighted by atomic mass is 19.4. The maximum atomic E-state index is 12.7. The van der Waals surface area contributed by atoms with Crippen molar-refractivity contribution < 1.29 is 22.8 Å². The van der Waals surface area contributed by atoms with Gasteiger partial charge >= 0.3 is 6.18 Å². The molecule has 3 heterocycles. The van der Waals surface area contributed by atoms with Crippen LogP contribution >= 0.6 is 0 Å². The summed E-state index contributed by atoms with van der Waals surface area (Å²) in [6.07, 6.45) is 1.72. The van der Waals surface area contributed by atoms with E-state index in [1.165, 1.54) is 12.8 Å². The van der Waals surface area contributed by atoms with E-state index in [1.54, 1.807) is 11.8 Å². The Balaban J connectivity index is 1.53. The minimum absolute atomic E-state index is 0.0284. The Bertz CT molecular complexity index is 543. The summed E-state index contributed by atoms with van der Waals surface area (Å²) in [7, 11) is 0. The molecule has 27 heavy (non-hydrogen) atoms. The zero-order valence-electron chi connectivity index (χ0n) is 15.9. The molecule has 3 rings (SSSR count). The van der Waals surface area contributed by atoms with Crippen molar-refractivity contribution in [2.24, 2.45) is 11.8 Å². The van der Waals surface area contributed by atoms with Crippen LogP contribution in [0.1, 0.15) is 51.9 Å². The molecule has 8 heteroatoms. The van der Waals surface area contributed by atoms with E-state index in [4.69, 9.17) is 0 Å². The van der Waals surface area contributed by atoms with Crippen molar-refractivity contribution in [1.29, 1.82) is 0 Å². The molecule has 0 saturated carbocycles. The van der Waals surface area contributed by atoms with Crippen LogP contribution in [0.25, 0.3) is 0 Å². The Hall–Kier alpha value is -1.31. The van der Waals surface area contributed by atoms with Gasteiger partial charge in [-0.2, -0.15) is 13.2 Å². The van der Waals surface area contributed by atoms with Gasteiger partial charge in [0.05, 0.1) is 5.92 Å². The van der Waals surface area contributed by atoms with Gasteiger partial charge in [0, 0.05) is 38.1 Å². The standard InChI is InChI=1S/C19H30F3N3O2/c1-2-24(12-19(20,21)22)18(27)14-4-3-7-25(11-14)17(26)10-13-8-15-5-6-16(9-13)23-15/h13-16,23H,2-12H2,1H3. The summed E-state index contributed by atoms with van der Waals surface area (Å²) in [4.78, 5) is 27.8. The lowest BCUT2D eigenvalue weighted by molar-refractivity contribution is -0.164. The van der Waals surface area contributed by atoms with Gasteiger partial charge in [0.15, 0.2) is 0 Å². The summed E-state index contributed by atoms with van der Waals surface area (Å²) in [6, 6.07) is 1.05. The predicted octanol–water partition coefficient (Wildman–Crippen LogP) is 2.56. The van der Waals surface area contributed by atoms with Crippen LogP contribution in [-0.4, -0.2) is 66.1 Å². The number of halogens is 3. The average Bonchev–Trinajstić information content (AvgIpc) is 2.96. The first-order chi connectivity index (χ1) is 12.7. The molecule has 0 aliphatic carbocycles. The van der Waals surface area contributed by atoms with Crippen LogP contribution in [0.15, 0.2) is 0 Å². The molecule has 5 nitrogen and oxygen atoms in total. The Morgan fingerprint density at radius 2 is 1.81 bits per heavy atom. The minimum Gasteiger partial charge on any atom is -0.342 e. The summed E-state index contributed by atoms with van der Waals surface area (Å²) >= 11 is 0. The number of nitrogens with one attached hydrogen (secondary N) is 1. The Kier molecular flexibility index (Phi) is 6.33.